The van der Waals surface area contributed by atoms with Gasteiger partial charge in [0.15, 0.2) is 0 Å². The molecule has 150 valence electrons. The number of para-hydroxylation sites is 1. The smallest absolute Gasteiger partial charge is 0.102 e. The Morgan fingerprint density at radius 3 is 2.71 bits per heavy atom. The quantitative estimate of drug-likeness (QED) is 0.685. The summed E-state index contributed by atoms with van der Waals surface area (Å²) in [5, 5.41) is 9.97. The highest BCUT2D eigenvalue weighted by Crippen LogP contribution is 2.26. The molecule has 28 heavy (non-hydrogen) atoms. The first-order valence-electron chi connectivity index (χ1n) is 10.4. The molecule has 1 aliphatic rings. The molecule has 6 nitrogen and oxygen atoms in total. The Kier molecular flexibility index (Phi) is 5.25. The number of nitrogens with one attached hydrogen (secondary N) is 1. The van der Waals surface area contributed by atoms with Crippen LogP contribution in [0.3, 0.4) is 0 Å². The largest absolute Gasteiger partial charge is 0.361 e. The molecule has 3 N–H and O–H groups in total. The van der Waals surface area contributed by atoms with Crippen LogP contribution in [-0.2, 0) is 12.0 Å². The first kappa shape index (κ1) is 19.2. The molecule has 3 heterocycles. The van der Waals surface area contributed by atoms with E-state index in [0.29, 0.717) is 12.1 Å². The van der Waals surface area contributed by atoms with Crippen LogP contribution in [0.4, 0.5) is 0 Å². The number of piperidine rings is 1. The standard InChI is InChI=1S/C22H32N6/c1-16(8-9-17-14-24-20-7-5-4-6-19(17)20)27-12-10-18(11-13-27)28-15-21(25-26-28)22(2,3)23/h4-7,14-16,18,24H,8-13,23H2,1-3H3. The SMILES string of the molecule is CC(CCc1c[nH]c2ccccc12)N1CCC(n2cc(C(C)(C)N)nn2)CC1. The number of likely N-dealkylation sites (tertiary alicyclic amines) is 1. The van der Waals surface area contributed by atoms with Crippen LogP contribution in [0.5, 0.6) is 0 Å². The van der Waals surface area contributed by atoms with E-state index in [1.54, 1.807) is 0 Å². The van der Waals surface area contributed by atoms with Gasteiger partial charge in [-0.3, -0.25) is 0 Å². The molecule has 0 aliphatic carbocycles. The van der Waals surface area contributed by atoms with Crippen LogP contribution in [0.2, 0.25) is 0 Å². The summed E-state index contributed by atoms with van der Waals surface area (Å²) >= 11 is 0. The van der Waals surface area contributed by atoms with Gasteiger partial charge in [-0.15, -0.1) is 5.10 Å². The molecule has 3 aromatic rings. The molecule has 0 spiro atoms. The van der Waals surface area contributed by atoms with Crippen LogP contribution in [0.1, 0.15) is 57.3 Å². The number of benzene rings is 1. The van der Waals surface area contributed by atoms with Crippen molar-refractivity contribution < 1.29 is 0 Å². The van der Waals surface area contributed by atoms with Gasteiger partial charge in [-0.05, 0) is 58.1 Å². The van der Waals surface area contributed by atoms with Gasteiger partial charge in [0.05, 0.1) is 17.8 Å². The van der Waals surface area contributed by atoms with Gasteiger partial charge in [0.2, 0.25) is 0 Å². The lowest BCUT2D eigenvalue weighted by molar-refractivity contribution is 0.133. The molecule has 1 aromatic carbocycles. The molecule has 4 rings (SSSR count). The van der Waals surface area contributed by atoms with E-state index in [9.17, 15) is 0 Å². The summed E-state index contributed by atoms with van der Waals surface area (Å²) in [6.07, 6.45) is 8.73. The Hall–Kier alpha value is -2.18. The van der Waals surface area contributed by atoms with Gasteiger partial charge in [-0.2, -0.15) is 0 Å². The van der Waals surface area contributed by atoms with E-state index in [1.807, 2.05) is 24.7 Å². The number of rotatable bonds is 6. The van der Waals surface area contributed by atoms with Crippen LogP contribution < -0.4 is 5.73 Å². The van der Waals surface area contributed by atoms with Gasteiger partial charge in [-0.1, -0.05) is 23.4 Å². The number of nitrogens with two attached hydrogens (primary N) is 1. The van der Waals surface area contributed by atoms with Crippen LogP contribution in [0, 0.1) is 0 Å². The first-order chi connectivity index (χ1) is 13.4. The maximum atomic E-state index is 6.14. The van der Waals surface area contributed by atoms with Crippen LogP contribution >= 0.6 is 0 Å². The highest BCUT2D eigenvalue weighted by atomic mass is 15.4. The van der Waals surface area contributed by atoms with Crippen molar-refractivity contribution in [2.45, 2.75) is 64.1 Å². The Morgan fingerprint density at radius 1 is 1.25 bits per heavy atom. The summed E-state index contributed by atoms with van der Waals surface area (Å²) in [5.41, 5.74) is 9.23. The lowest BCUT2D eigenvalue weighted by atomic mass is 9.99. The Balaban J connectivity index is 1.30. The van der Waals surface area contributed by atoms with Crippen molar-refractivity contribution in [3.05, 3.63) is 47.9 Å². The summed E-state index contributed by atoms with van der Waals surface area (Å²) in [6, 6.07) is 9.59. The molecule has 1 fully saturated rings. The van der Waals surface area contributed by atoms with E-state index in [4.69, 9.17) is 5.73 Å². The van der Waals surface area contributed by atoms with Crippen molar-refractivity contribution in [1.82, 2.24) is 24.9 Å². The zero-order valence-corrected chi connectivity index (χ0v) is 17.2. The van der Waals surface area contributed by atoms with Crippen molar-refractivity contribution in [2.75, 3.05) is 13.1 Å². The molecule has 0 bridgehead atoms. The topological polar surface area (TPSA) is 75.8 Å². The van der Waals surface area contributed by atoms with E-state index >= 15 is 0 Å². The molecular weight excluding hydrogens is 348 g/mol. The minimum absolute atomic E-state index is 0.431. The van der Waals surface area contributed by atoms with Crippen molar-refractivity contribution >= 4 is 10.9 Å². The van der Waals surface area contributed by atoms with Gasteiger partial charge in [0.1, 0.15) is 5.69 Å². The summed E-state index contributed by atoms with van der Waals surface area (Å²) < 4.78 is 2.03. The Bertz CT molecular complexity index is 910. The number of fused-ring (bicyclic) bond motifs is 1. The third-order valence-corrected chi connectivity index (χ3v) is 6.17. The summed E-state index contributed by atoms with van der Waals surface area (Å²) in [4.78, 5) is 6.01. The second-order valence-electron chi connectivity index (χ2n) is 8.82. The predicted molar refractivity (Wildman–Crippen MR) is 113 cm³/mol. The van der Waals surface area contributed by atoms with Crippen molar-refractivity contribution in [2.24, 2.45) is 5.73 Å². The summed E-state index contributed by atoms with van der Waals surface area (Å²) in [7, 11) is 0. The molecule has 1 aliphatic heterocycles. The first-order valence-corrected chi connectivity index (χ1v) is 10.4. The van der Waals surface area contributed by atoms with Crippen LogP contribution in [0.25, 0.3) is 10.9 Å². The second-order valence-corrected chi connectivity index (χ2v) is 8.82. The maximum absolute atomic E-state index is 6.14. The normalized spacial score (nSPS) is 18.0. The van der Waals surface area contributed by atoms with Gasteiger partial charge < -0.3 is 15.6 Å². The number of hydrogen-bond acceptors (Lipinski definition) is 4. The minimum Gasteiger partial charge on any atom is -0.361 e. The molecule has 1 saturated heterocycles. The van der Waals surface area contributed by atoms with E-state index in [0.717, 1.165) is 38.0 Å². The van der Waals surface area contributed by atoms with Gasteiger partial charge in [0, 0.05) is 36.2 Å². The fourth-order valence-corrected chi connectivity index (χ4v) is 4.23. The third kappa shape index (κ3) is 3.98. The van der Waals surface area contributed by atoms with Crippen LogP contribution in [-0.4, -0.2) is 44.0 Å². The minimum atomic E-state index is -0.435. The van der Waals surface area contributed by atoms with Gasteiger partial charge in [-0.25, -0.2) is 4.68 Å². The zero-order valence-electron chi connectivity index (χ0n) is 17.2. The summed E-state index contributed by atoms with van der Waals surface area (Å²) in [6.45, 7) is 8.53. The molecule has 1 unspecified atom stereocenters. The van der Waals surface area contributed by atoms with Crippen LogP contribution in [0.15, 0.2) is 36.7 Å². The molecule has 1 atom stereocenters. The summed E-state index contributed by atoms with van der Waals surface area (Å²) in [5.74, 6) is 0. The predicted octanol–water partition coefficient (Wildman–Crippen LogP) is 3.61. The maximum Gasteiger partial charge on any atom is 0.102 e. The number of aromatic amines is 1. The third-order valence-electron chi connectivity index (χ3n) is 6.17. The van der Waals surface area contributed by atoms with E-state index < -0.39 is 5.54 Å². The molecule has 0 saturated carbocycles. The number of H-pyrrole nitrogens is 1. The average Bonchev–Trinajstić information content (AvgIpc) is 3.34. The lowest BCUT2D eigenvalue weighted by Gasteiger charge is -2.36. The fourth-order valence-electron chi connectivity index (χ4n) is 4.23. The fraction of sp³-hybridized carbons (Fsp3) is 0.545. The van der Waals surface area contributed by atoms with Gasteiger partial charge in [0.25, 0.3) is 0 Å². The highest BCUT2D eigenvalue weighted by molar-refractivity contribution is 5.82. The Morgan fingerprint density at radius 2 is 2.00 bits per heavy atom. The number of aromatic nitrogens is 4. The van der Waals surface area contributed by atoms with E-state index in [2.05, 4.69) is 57.6 Å². The monoisotopic (exact) mass is 380 g/mol. The lowest BCUT2D eigenvalue weighted by Crippen LogP contribution is -2.40. The second kappa shape index (κ2) is 7.68. The number of aryl methyl sites for hydroxylation is 1. The molecule has 0 radical (unpaired) electrons. The average molecular weight is 381 g/mol. The number of hydrogen-bond donors (Lipinski definition) is 2. The Labute approximate surface area is 167 Å². The van der Waals surface area contributed by atoms with Crippen molar-refractivity contribution in [3.8, 4) is 0 Å². The van der Waals surface area contributed by atoms with Gasteiger partial charge >= 0.3 is 0 Å². The molecular formula is C22H32N6. The molecule has 2 aromatic heterocycles. The molecule has 0 amide bonds. The number of nitrogens with zero attached hydrogens (tertiary/aromatic N) is 4. The van der Waals surface area contributed by atoms with Crippen molar-refractivity contribution in [1.29, 1.82) is 0 Å². The molecule has 6 heteroatoms. The zero-order chi connectivity index (χ0) is 19.7. The van der Waals surface area contributed by atoms with Crippen molar-refractivity contribution in [3.63, 3.8) is 0 Å². The van der Waals surface area contributed by atoms with E-state index in [-0.39, 0.29) is 0 Å². The van der Waals surface area contributed by atoms with E-state index in [1.165, 1.54) is 22.9 Å². The highest BCUT2D eigenvalue weighted by Gasteiger charge is 2.26.